The minimum atomic E-state index is -0.587. The summed E-state index contributed by atoms with van der Waals surface area (Å²) in [7, 11) is 1.40. The van der Waals surface area contributed by atoms with Crippen LogP contribution >= 0.6 is 0 Å². The number of carbonyl (C=O) groups excluding carboxylic acids is 2. The first-order valence-electron chi connectivity index (χ1n) is 8.40. The van der Waals surface area contributed by atoms with Gasteiger partial charge in [-0.3, -0.25) is 9.59 Å². The summed E-state index contributed by atoms with van der Waals surface area (Å²) in [6, 6.07) is 0. The molecule has 1 fully saturated rings. The van der Waals surface area contributed by atoms with Crippen molar-refractivity contribution in [2.45, 2.75) is 85.2 Å². The van der Waals surface area contributed by atoms with E-state index in [0.717, 1.165) is 32.1 Å². The average molecular weight is 312 g/mol. The van der Waals surface area contributed by atoms with E-state index in [1.807, 2.05) is 27.7 Å². The van der Waals surface area contributed by atoms with E-state index in [1.165, 1.54) is 7.11 Å². The van der Waals surface area contributed by atoms with Crippen LogP contribution in [-0.2, 0) is 19.1 Å². The maximum absolute atomic E-state index is 12.6. The van der Waals surface area contributed by atoms with Gasteiger partial charge in [0.2, 0.25) is 0 Å². The number of carbonyl (C=O) groups is 2. The van der Waals surface area contributed by atoms with E-state index in [1.54, 1.807) is 0 Å². The molecule has 1 rings (SSSR count). The van der Waals surface area contributed by atoms with E-state index in [0.29, 0.717) is 12.8 Å². The number of hydrogen-bond acceptors (Lipinski definition) is 4. The molecule has 0 saturated heterocycles. The van der Waals surface area contributed by atoms with Crippen molar-refractivity contribution in [1.82, 2.24) is 0 Å². The standard InChI is InChI=1S/C18H32O4/c1-7-18(10-8-9-11-18)22-15(20)17(4,5)13-12-16(2,3)14(19)21-6/h7-13H2,1-6H3. The van der Waals surface area contributed by atoms with E-state index >= 15 is 0 Å². The first-order valence-corrected chi connectivity index (χ1v) is 8.40. The Labute approximate surface area is 134 Å². The highest BCUT2D eigenvalue weighted by Crippen LogP contribution is 2.39. The molecular weight excluding hydrogens is 280 g/mol. The van der Waals surface area contributed by atoms with Crippen LogP contribution in [0.25, 0.3) is 0 Å². The van der Waals surface area contributed by atoms with Crippen molar-refractivity contribution in [3.8, 4) is 0 Å². The van der Waals surface area contributed by atoms with Crippen LogP contribution in [0.2, 0.25) is 0 Å². The Morgan fingerprint density at radius 1 is 0.955 bits per heavy atom. The van der Waals surface area contributed by atoms with E-state index in [9.17, 15) is 9.59 Å². The molecule has 4 nitrogen and oxygen atoms in total. The van der Waals surface area contributed by atoms with Gasteiger partial charge in [0, 0.05) is 0 Å². The lowest BCUT2D eigenvalue weighted by Crippen LogP contribution is -2.38. The molecule has 0 heterocycles. The molecule has 0 aromatic rings. The minimum absolute atomic E-state index is 0.142. The molecule has 0 aromatic heterocycles. The topological polar surface area (TPSA) is 52.6 Å². The van der Waals surface area contributed by atoms with Gasteiger partial charge in [0.25, 0.3) is 0 Å². The van der Waals surface area contributed by atoms with Crippen LogP contribution in [0, 0.1) is 10.8 Å². The fourth-order valence-electron chi connectivity index (χ4n) is 2.99. The van der Waals surface area contributed by atoms with Crippen LogP contribution in [0.4, 0.5) is 0 Å². The third-order valence-electron chi connectivity index (χ3n) is 5.13. The molecule has 0 amide bonds. The van der Waals surface area contributed by atoms with Crippen molar-refractivity contribution in [2.75, 3.05) is 7.11 Å². The van der Waals surface area contributed by atoms with Crippen LogP contribution in [0.3, 0.4) is 0 Å². The SMILES string of the molecule is CCC1(OC(=O)C(C)(C)CCC(C)(C)C(=O)OC)CCCC1. The Kier molecular flexibility index (Phi) is 6.05. The van der Waals surface area contributed by atoms with Gasteiger partial charge in [-0.25, -0.2) is 0 Å². The maximum atomic E-state index is 12.6. The van der Waals surface area contributed by atoms with Gasteiger partial charge in [0.1, 0.15) is 5.60 Å². The zero-order valence-corrected chi connectivity index (χ0v) is 15.1. The lowest BCUT2D eigenvalue weighted by Gasteiger charge is -2.34. The molecule has 22 heavy (non-hydrogen) atoms. The van der Waals surface area contributed by atoms with Crippen molar-refractivity contribution < 1.29 is 19.1 Å². The Bertz CT molecular complexity index is 403. The number of esters is 2. The highest BCUT2D eigenvalue weighted by molar-refractivity contribution is 5.77. The van der Waals surface area contributed by atoms with Crippen molar-refractivity contribution >= 4 is 11.9 Å². The molecule has 0 atom stereocenters. The summed E-state index contributed by atoms with van der Waals surface area (Å²) >= 11 is 0. The minimum Gasteiger partial charge on any atom is -0.469 e. The van der Waals surface area contributed by atoms with Gasteiger partial charge in [0.15, 0.2) is 0 Å². The van der Waals surface area contributed by atoms with Gasteiger partial charge in [-0.05, 0) is 72.6 Å². The zero-order valence-electron chi connectivity index (χ0n) is 15.1. The molecule has 128 valence electrons. The van der Waals surface area contributed by atoms with Crippen molar-refractivity contribution in [1.29, 1.82) is 0 Å². The molecular formula is C18H32O4. The third-order valence-corrected chi connectivity index (χ3v) is 5.13. The second-order valence-corrected chi connectivity index (χ2v) is 7.89. The lowest BCUT2D eigenvalue weighted by atomic mass is 9.79. The normalized spacial score (nSPS) is 18.1. The number of ether oxygens (including phenoxy) is 2. The van der Waals surface area contributed by atoms with Gasteiger partial charge in [-0.2, -0.15) is 0 Å². The molecule has 1 saturated carbocycles. The summed E-state index contributed by atoms with van der Waals surface area (Å²) in [5.41, 5.74) is -1.43. The van der Waals surface area contributed by atoms with Crippen LogP contribution in [0.5, 0.6) is 0 Å². The van der Waals surface area contributed by atoms with Crippen LogP contribution < -0.4 is 0 Å². The number of methoxy groups -OCH3 is 1. The van der Waals surface area contributed by atoms with E-state index in [2.05, 4.69) is 6.92 Å². The predicted octanol–water partition coefficient (Wildman–Crippen LogP) is 4.26. The maximum Gasteiger partial charge on any atom is 0.312 e. The molecule has 4 heteroatoms. The van der Waals surface area contributed by atoms with E-state index in [4.69, 9.17) is 9.47 Å². The zero-order chi connectivity index (χ0) is 17.0. The summed E-state index contributed by atoms with van der Waals surface area (Å²) in [4.78, 5) is 24.4. The van der Waals surface area contributed by atoms with Gasteiger partial charge in [0.05, 0.1) is 17.9 Å². The largest absolute Gasteiger partial charge is 0.469 e. The molecule has 0 radical (unpaired) electrons. The Balaban J connectivity index is 2.65. The molecule has 0 N–H and O–H groups in total. The van der Waals surface area contributed by atoms with E-state index in [-0.39, 0.29) is 17.5 Å². The summed E-state index contributed by atoms with van der Waals surface area (Å²) in [6.07, 6.45) is 6.29. The molecule has 1 aliphatic carbocycles. The smallest absolute Gasteiger partial charge is 0.312 e. The molecule has 0 bridgehead atoms. The second kappa shape index (κ2) is 7.01. The molecule has 0 spiro atoms. The highest BCUT2D eigenvalue weighted by Gasteiger charge is 2.41. The molecule has 0 aromatic carbocycles. The predicted molar refractivity (Wildman–Crippen MR) is 86.4 cm³/mol. The highest BCUT2D eigenvalue weighted by atomic mass is 16.6. The number of rotatable bonds is 7. The Hall–Kier alpha value is -1.06. The van der Waals surface area contributed by atoms with Crippen LogP contribution in [-0.4, -0.2) is 24.6 Å². The first kappa shape index (κ1) is 19.0. The van der Waals surface area contributed by atoms with Gasteiger partial charge < -0.3 is 9.47 Å². The summed E-state index contributed by atoms with van der Waals surface area (Å²) < 4.78 is 10.7. The fraction of sp³-hybridized carbons (Fsp3) is 0.889. The lowest BCUT2D eigenvalue weighted by molar-refractivity contribution is -0.172. The third kappa shape index (κ3) is 4.47. The molecule has 1 aliphatic rings. The van der Waals surface area contributed by atoms with Crippen molar-refractivity contribution in [3.63, 3.8) is 0 Å². The summed E-state index contributed by atoms with van der Waals surface area (Å²) in [5, 5.41) is 0. The summed E-state index contributed by atoms with van der Waals surface area (Å²) in [5.74, 6) is -0.380. The van der Waals surface area contributed by atoms with E-state index < -0.39 is 10.8 Å². The van der Waals surface area contributed by atoms with Crippen molar-refractivity contribution in [3.05, 3.63) is 0 Å². The molecule has 0 aliphatic heterocycles. The quantitative estimate of drug-likeness (QED) is 0.659. The van der Waals surface area contributed by atoms with Crippen LogP contribution in [0.1, 0.15) is 79.6 Å². The molecule has 0 unspecified atom stereocenters. The van der Waals surface area contributed by atoms with Gasteiger partial charge in [-0.15, -0.1) is 0 Å². The first-order chi connectivity index (χ1) is 10.1. The van der Waals surface area contributed by atoms with Gasteiger partial charge in [-0.1, -0.05) is 6.92 Å². The van der Waals surface area contributed by atoms with Gasteiger partial charge >= 0.3 is 11.9 Å². The Morgan fingerprint density at radius 3 is 1.82 bits per heavy atom. The van der Waals surface area contributed by atoms with Crippen molar-refractivity contribution in [2.24, 2.45) is 10.8 Å². The fourth-order valence-corrected chi connectivity index (χ4v) is 2.99. The summed E-state index contributed by atoms with van der Waals surface area (Å²) in [6.45, 7) is 9.60. The Morgan fingerprint density at radius 2 is 1.41 bits per heavy atom. The monoisotopic (exact) mass is 312 g/mol. The second-order valence-electron chi connectivity index (χ2n) is 7.89. The average Bonchev–Trinajstić information content (AvgIpc) is 2.93. The van der Waals surface area contributed by atoms with Crippen LogP contribution in [0.15, 0.2) is 0 Å². The number of hydrogen-bond donors (Lipinski definition) is 0.